The Morgan fingerprint density at radius 2 is 2.08 bits per heavy atom. The average Bonchev–Trinajstić information content (AvgIpc) is 2.50. The van der Waals surface area contributed by atoms with Crippen molar-refractivity contribution in [3.8, 4) is 0 Å². The van der Waals surface area contributed by atoms with Crippen molar-refractivity contribution in [2.45, 2.75) is 39.5 Å². The van der Waals surface area contributed by atoms with Gasteiger partial charge >= 0.3 is 5.97 Å². The van der Waals surface area contributed by atoms with Crippen molar-refractivity contribution in [2.75, 3.05) is 7.11 Å². The number of methoxy groups -OCH3 is 1. The predicted molar refractivity (Wildman–Crippen MR) is 52.1 cm³/mol. The normalized spacial score (nSPS) is 28.0. The van der Waals surface area contributed by atoms with Crippen molar-refractivity contribution in [1.82, 2.24) is 0 Å². The maximum Gasteiger partial charge on any atom is 0.308 e. The van der Waals surface area contributed by atoms with E-state index in [1.54, 1.807) is 0 Å². The Morgan fingerprint density at radius 1 is 1.38 bits per heavy atom. The molecule has 75 valence electrons. The summed E-state index contributed by atoms with van der Waals surface area (Å²) < 4.78 is 4.74. The van der Waals surface area contributed by atoms with Gasteiger partial charge in [-0.15, -0.1) is 0 Å². The summed E-state index contributed by atoms with van der Waals surface area (Å²) in [6.45, 7) is 4.32. The van der Waals surface area contributed by atoms with Gasteiger partial charge < -0.3 is 4.74 Å². The van der Waals surface area contributed by atoms with Gasteiger partial charge in [0.05, 0.1) is 13.0 Å². The molecule has 0 aromatic heterocycles. The van der Waals surface area contributed by atoms with Gasteiger partial charge in [-0.3, -0.25) is 4.79 Å². The lowest BCUT2D eigenvalue weighted by Gasteiger charge is -2.11. The molecule has 0 bridgehead atoms. The molecule has 13 heavy (non-hydrogen) atoms. The molecule has 0 amide bonds. The Balaban J connectivity index is 2.32. The van der Waals surface area contributed by atoms with E-state index in [0.717, 1.165) is 12.8 Å². The second-order valence-corrected chi connectivity index (χ2v) is 4.31. The van der Waals surface area contributed by atoms with E-state index in [0.29, 0.717) is 5.92 Å². The average molecular weight is 183 g/mol. The van der Waals surface area contributed by atoms with Gasteiger partial charge in [-0.2, -0.15) is 0 Å². The van der Waals surface area contributed by atoms with Crippen LogP contribution in [0.25, 0.3) is 0 Å². The third-order valence-electron chi connectivity index (χ3n) is 2.77. The maximum absolute atomic E-state index is 11.2. The van der Waals surface area contributed by atoms with Crippen molar-refractivity contribution in [2.24, 2.45) is 11.8 Å². The monoisotopic (exact) mass is 183 g/mol. The van der Waals surface area contributed by atoms with Crippen molar-refractivity contribution in [1.29, 1.82) is 0 Å². The van der Waals surface area contributed by atoms with Crippen LogP contribution >= 0.6 is 0 Å². The summed E-state index contributed by atoms with van der Waals surface area (Å²) in [6.07, 6.45) is 4.40. The molecular weight excluding hydrogens is 164 g/mol. The van der Waals surface area contributed by atoms with Crippen molar-refractivity contribution in [3.63, 3.8) is 0 Å². The van der Waals surface area contributed by atoms with Crippen LogP contribution in [0.5, 0.6) is 0 Å². The molecule has 2 heteroatoms. The molecule has 1 rings (SSSR count). The Morgan fingerprint density at radius 3 is 2.62 bits per heavy atom. The van der Waals surface area contributed by atoms with Crippen LogP contribution in [0.2, 0.25) is 0 Å². The molecular formula is C11H19O2. The van der Waals surface area contributed by atoms with Crippen molar-refractivity contribution < 1.29 is 9.53 Å². The standard InChI is InChI=1S/C11H19O2/c1-8(2)6-9-4-5-10(7-9)11(12)13-3/h9-10H,4-7H2,1-3H3. The van der Waals surface area contributed by atoms with Gasteiger partial charge in [0.25, 0.3) is 0 Å². The molecule has 0 aromatic rings. The summed E-state index contributed by atoms with van der Waals surface area (Å²) in [5.41, 5.74) is 0. The van der Waals surface area contributed by atoms with Gasteiger partial charge in [-0.25, -0.2) is 0 Å². The first-order valence-electron chi connectivity index (χ1n) is 5.00. The summed E-state index contributed by atoms with van der Waals surface area (Å²) in [6, 6.07) is 0. The van der Waals surface area contributed by atoms with Gasteiger partial charge in [0.2, 0.25) is 0 Å². The number of carbonyl (C=O) groups excluding carboxylic acids is 1. The van der Waals surface area contributed by atoms with Gasteiger partial charge in [-0.1, -0.05) is 13.8 Å². The van der Waals surface area contributed by atoms with Crippen molar-refractivity contribution in [3.05, 3.63) is 5.92 Å². The Kier molecular flexibility index (Phi) is 3.76. The molecule has 1 fully saturated rings. The van der Waals surface area contributed by atoms with E-state index in [4.69, 9.17) is 4.74 Å². The molecule has 1 saturated carbocycles. The topological polar surface area (TPSA) is 26.3 Å². The lowest BCUT2D eigenvalue weighted by Crippen LogP contribution is -2.13. The van der Waals surface area contributed by atoms with Crippen LogP contribution in [0.1, 0.15) is 39.5 Å². The SMILES string of the molecule is COC(=O)C1CCC(C[C](C)C)C1. The van der Waals surface area contributed by atoms with Gasteiger partial charge in [-0.05, 0) is 37.5 Å². The number of carbonyl (C=O) groups is 1. The first-order valence-corrected chi connectivity index (χ1v) is 5.00. The molecule has 0 aliphatic heterocycles. The van der Waals surface area contributed by atoms with E-state index in [1.807, 2.05) is 0 Å². The highest BCUT2D eigenvalue weighted by Gasteiger charge is 2.30. The Bertz CT molecular complexity index is 175. The smallest absolute Gasteiger partial charge is 0.308 e. The predicted octanol–water partition coefficient (Wildman–Crippen LogP) is 2.58. The molecule has 0 N–H and O–H groups in total. The molecule has 2 atom stereocenters. The molecule has 0 spiro atoms. The highest BCUT2D eigenvalue weighted by molar-refractivity contribution is 5.72. The largest absolute Gasteiger partial charge is 0.469 e. The number of rotatable bonds is 3. The van der Waals surface area contributed by atoms with Gasteiger partial charge in [0.1, 0.15) is 0 Å². The minimum Gasteiger partial charge on any atom is -0.469 e. The van der Waals surface area contributed by atoms with Gasteiger partial charge in [0.15, 0.2) is 0 Å². The summed E-state index contributed by atoms with van der Waals surface area (Å²) in [7, 11) is 1.48. The zero-order valence-corrected chi connectivity index (χ0v) is 8.80. The Hall–Kier alpha value is -0.530. The first kappa shape index (κ1) is 10.6. The van der Waals surface area contributed by atoms with Crippen molar-refractivity contribution >= 4 is 5.97 Å². The zero-order valence-electron chi connectivity index (χ0n) is 8.80. The molecule has 2 unspecified atom stereocenters. The van der Waals surface area contributed by atoms with Crippen LogP contribution in [0.3, 0.4) is 0 Å². The van der Waals surface area contributed by atoms with E-state index in [2.05, 4.69) is 13.8 Å². The lowest BCUT2D eigenvalue weighted by atomic mass is 9.95. The zero-order chi connectivity index (χ0) is 9.84. The van der Waals surface area contributed by atoms with Crippen LogP contribution in [0.15, 0.2) is 0 Å². The third-order valence-corrected chi connectivity index (χ3v) is 2.77. The molecule has 1 radical (unpaired) electrons. The number of hydrogen-bond acceptors (Lipinski definition) is 2. The summed E-state index contributed by atoms with van der Waals surface area (Å²) >= 11 is 0. The second kappa shape index (κ2) is 4.64. The second-order valence-electron chi connectivity index (χ2n) is 4.31. The molecule has 1 aliphatic rings. The first-order chi connectivity index (χ1) is 6.13. The van der Waals surface area contributed by atoms with E-state index in [-0.39, 0.29) is 11.9 Å². The van der Waals surface area contributed by atoms with Crippen LogP contribution in [-0.4, -0.2) is 13.1 Å². The maximum atomic E-state index is 11.2. The fourth-order valence-corrected chi connectivity index (χ4v) is 2.22. The fraction of sp³-hybridized carbons (Fsp3) is 0.818. The molecule has 1 aliphatic carbocycles. The molecule has 0 saturated heterocycles. The quantitative estimate of drug-likeness (QED) is 0.629. The minimum atomic E-state index is -0.0174. The van der Waals surface area contributed by atoms with Gasteiger partial charge in [0, 0.05) is 0 Å². The molecule has 0 heterocycles. The third kappa shape index (κ3) is 3.02. The number of ether oxygens (including phenoxy) is 1. The fourth-order valence-electron chi connectivity index (χ4n) is 2.22. The highest BCUT2D eigenvalue weighted by atomic mass is 16.5. The summed E-state index contributed by atoms with van der Waals surface area (Å²) in [5, 5.41) is 0. The van der Waals surface area contributed by atoms with E-state index in [1.165, 1.54) is 25.9 Å². The minimum absolute atomic E-state index is 0.0174. The highest BCUT2D eigenvalue weighted by Crippen LogP contribution is 2.35. The Labute approximate surface area is 80.7 Å². The summed E-state index contributed by atoms with van der Waals surface area (Å²) in [4.78, 5) is 11.2. The van der Waals surface area contributed by atoms with E-state index < -0.39 is 0 Å². The number of hydrogen-bond donors (Lipinski definition) is 0. The van der Waals surface area contributed by atoms with E-state index >= 15 is 0 Å². The van der Waals surface area contributed by atoms with Crippen LogP contribution in [0.4, 0.5) is 0 Å². The van der Waals surface area contributed by atoms with E-state index in [9.17, 15) is 4.79 Å². The molecule has 2 nitrogen and oxygen atoms in total. The van der Waals surface area contributed by atoms with Crippen LogP contribution in [-0.2, 0) is 9.53 Å². The molecule has 0 aromatic carbocycles. The number of esters is 1. The van der Waals surface area contributed by atoms with Crippen LogP contribution < -0.4 is 0 Å². The van der Waals surface area contributed by atoms with Crippen LogP contribution in [0, 0.1) is 17.8 Å². The summed E-state index contributed by atoms with van der Waals surface area (Å²) in [5.74, 6) is 2.34. The lowest BCUT2D eigenvalue weighted by molar-refractivity contribution is -0.145.